The van der Waals surface area contributed by atoms with Gasteiger partial charge in [-0.1, -0.05) is 12.1 Å². The highest BCUT2D eigenvalue weighted by molar-refractivity contribution is 5.78. The molecule has 1 aliphatic heterocycles. The number of amides is 1. The fourth-order valence-electron chi connectivity index (χ4n) is 5.55. The number of fused-ring (bicyclic) bond motifs is 2. The highest BCUT2D eigenvalue weighted by Crippen LogP contribution is 2.45. The van der Waals surface area contributed by atoms with Crippen LogP contribution in [0.4, 0.5) is 4.39 Å². The van der Waals surface area contributed by atoms with Crippen molar-refractivity contribution in [3.05, 3.63) is 76.1 Å². The largest absolute Gasteiger partial charge is 0.492 e. The van der Waals surface area contributed by atoms with Crippen molar-refractivity contribution < 1.29 is 33.3 Å². The number of carboxylic acids is 1. The number of aryl methyl sites for hydroxylation is 2. The molecule has 0 aromatic heterocycles. The molecule has 1 aliphatic carbocycles. The Kier molecular flexibility index (Phi) is 6.97. The van der Waals surface area contributed by atoms with Gasteiger partial charge in [0.2, 0.25) is 0 Å². The van der Waals surface area contributed by atoms with Gasteiger partial charge in [0.15, 0.2) is 6.61 Å². The summed E-state index contributed by atoms with van der Waals surface area (Å²) in [6, 6.07) is 12.5. The third-order valence-electron chi connectivity index (χ3n) is 7.27. The fraction of sp³-hybridized carbons (Fsp3) is 0.333. The van der Waals surface area contributed by atoms with E-state index in [-0.39, 0.29) is 30.7 Å². The summed E-state index contributed by atoms with van der Waals surface area (Å²) >= 11 is 0. The minimum absolute atomic E-state index is 0.0111. The third kappa shape index (κ3) is 4.90. The average Bonchev–Trinajstić information content (AvgIpc) is 3.48. The highest BCUT2D eigenvalue weighted by atomic mass is 19.1. The second-order valence-electron chi connectivity index (χ2n) is 9.83. The molecule has 38 heavy (non-hydrogen) atoms. The molecule has 0 bridgehead atoms. The fourth-order valence-corrected chi connectivity index (χ4v) is 5.55. The van der Waals surface area contributed by atoms with E-state index in [4.69, 9.17) is 19.3 Å². The lowest BCUT2D eigenvalue weighted by Crippen LogP contribution is -2.24. The quantitative estimate of drug-likeness (QED) is 0.422. The summed E-state index contributed by atoms with van der Waals surface area (Å²) in [5, 5.41) is 11.7. The molecule has 8 heteroatoms. The maximum absolute atomic E-state index is 15.2. The van der Waals surface area contributed by atoms with Crippen LogP contribution in [0, 0.1) is 19.7 Å². The van der Waals surface area contributed by atoms with Gasteiger partial charge in [-0.25, -0.2) is 4.39 Å². The summed E-state index contributed by atoms with van der Waals surface area (Å²) in [6.45, 7) is 4.23. The Morgan fingerprint density at radius 1 is 1.11 bits per heavy atom. The number of likely N-dealkylation sites (N-methyl/N-ethyl adjacent to an activating group) is 1. The molecule has 1 heterocycles. The van der Waals surface area contributed by atoms with E-state index < -0.39 is 12.1 Å². The molecule has 0 spiro atoms. The van der Waals surface area contributed by atoms with Crippen LogP contribution in [0.25, 0.3) is 11.1 Å². The van der Waals surface area contributed by atoms with E-state index in [2.05, 4.69) is 5.32 Å². The molecular formula is C30H30FNO6. The molecule has 0 saturated carbocycles. The van der Waals surface area contributed by atoms with Gasteiger partial charge in [-0.15, -0.1) is 0 Å². The van der Waals surface area contributed by atoms with Gasteiger partial charge in [0.1, 0.15) is 29.2 Å². The second kappa shape index (κ2) is 10.4. The molecule has 3 aromatic carbocycles. The SMILES string of the molecule is CNC(=O)COc1cc(C)c(-c2ccc(F)c3c2CC[C@H]3Oc2ccc3c(c2)OCC3CC(=O)O)c(C)c1. The lowest BCUT2D eigenvalue weighted by Gasteiger charge is -2.19. The van der Waals surface area contributed by atoms with Crippen LogP contribution in [0.2, 0.25) is 0 Å². The summed E-state index contributed by atoms with van der Waals surface area (Å²) in [5.74, 6) is 0.232. The number of rotatable bonds is 8. The molecule has 0 fully saturated rings. The molecule has 2 N–H and O–H groups in total. The van der Waals surface area contributed by atoms with E-state index in [1.54, 1.807) is 19.2 Å². The Hall–Kier alpha value is -4.07. The molecule has 2 atom stereocenters. The van der Waals surface area contributed by atoms with Crippen LogP contribution in [0.5, 0.6) is 17.2 Å². The summed E-state index contributed by atoms with van der Waals surface area (Å²) in [4.78, 5) is 22.7. The number of hydrogen-bond acceptors (Lipinski definition) is 5. The van der Waals surface area contributed by atoms with E-state index in [9.17, 15) is 9.59 Å². The van der Waals surface area contributed by atoms with Gasteiger partial charge >= 0.3 is 5.97 Å². The van der Waals surface area contributed by atoms with E-state index in [1.807, 2.05) is 38.1 Å². The zero-order valence-electron chi connectivity index (χ0n) is 21.6. The monoisotopic (exact) mass is 519 g/mol. The number of hydrogen-bond donors (Lipinski definition) is 2. The first kappa shape index (κ1) is 25.6. The van der Waals surface area contributed by atoms with Crippen LogP contribution in [0.15, 0.2) is 42.5 Å². The second-order valence-corrected chi connectivity index (χ2v) is 9.83. The molecule has 2 aliphatic rings. The summed E-state index contributed by atoms with van der Waals surface area (Å²) in [6.07, 6.45) is 0.865. The van der Waals surface area contributed by atoms with Crippen LogP contribution in [0.1, 0.15) is 52.7 Å². The summed E-state index contributed by atoms with van der Waals surface area (Å²) in [7, 11) is 1.56. The van der Waals surface area contributed by atoms with Gasteiger partial charge in [0.05, 0.1) is 13.0 Å². The molecular weight excluding hydrogens is 489 g/mol. The number of nitrogens with one attached hydrogen (secondary N) is 1. The molecule has 7 nitrogen and oxygen atoms in total. The lowest BCUT2D eigenvalue weighted by atomic mass is 9.90. The normalized spacial score (nSPS) is 17.4. The van der Waals surface area contributed by atoms with Crippen molar-refractivity contribution in [3.63, 3.8) is 0 Å². The van der Waals surface area contributed by atoms with Crippen molar-refractivity contribution in [1.82, 2.24) is 5.32 Å². The first-order chi connectivity index (χ1) is 18.2. The third-order valence-corrected chi connectivity index (χ3v) is 7.27. The number of aliphatic carboxylic acids is 1. The number of benzene rings is 3. The number of carbonyl (C=O) groups excluding carboxylic acids is 1. The van der Waals surface area contributed by atoms with Gasteiger partial charge in [-0.3, -0.25) is 9.59 Å². The zero-order valence-corrected chi connectivity index (χ0v) is 21.6. The van der Waals surface area contributed by atoms with Crippen molar-refractivity contribution in [2.45, 2.75) is 45.1 Å². The Morgan fingerprint density at radius 3 is 2.58 bits per heavy atom. The smallest absolute Gasteiger partial charge is 0.304 e. The molecule has 3 aromatic rings. The van der Waals surface area contributed by atoms with Crippen LogP contribution < -0.4 is 19.5 Å². The minimum atomic E-state index is -0.864. The molecule has 1 amide bonds. The highest BCUT2D eigenvalue weighted by Gasteiger charge is 2.32. The average molecular weight is 520 g/mol. The Balaban J connectivity index is 1.41. The van der Waals surface area contributed by atoms with Gasteiger partial charge in [-0.05, 0) is 78.8 Å². The van der Waals surface area contributed by atoms with Crippen LogP contribution in [-0.2, 0) is 16.0 Å². The predicted octanol–water partition coefficient (Wildman–Crippen LogP) is 5.25. The van der Waals surface area contributed by atoms with Crippen molar-refractivity contribution >= 4 is 11.9 Å². The number of halogens is 1. The van der Waals surface area contributed by atoms with E-state index in [0.29, 0.717) is 42.3 Å². The van der Waals surface area contributed by atoms with Crippen LogP contribution in [-0.4, -0.2) is 37.2 Å². The maximum Gasteiger partial charge on any atom is 0.304 e. The number of carbonyl (C=O) groups is 2. The molecule has 1 unspecified atom stereocenters. The van der Waals surface area contributed by atoms with Crippen LogP contribution in [0.3, 0.4) is 0 Å². The van der Waals surface area contributed by atoms with Crippen molar-refractivity contribution in [2.24, 2.45) is 0 Å². The van der Waals surface area contributed by atoms with Gasteiger partial charge in [0.25, 0.3) is 5.91 Å². The van der Waals surface area contributed by atoms with Crippen molar-refractivity contribution in [1.29, 1.82) is 0 Å². The Bertz CT molecular complexity index is 1400. The first-order valence-corrected chi connectivity index (χ1v) is 12.7. The summed E-state index contributed by atoms with van der Waals surface area (Å²) in [5.41, 5.74) is 6.28. The Labute approximate surface area is 220 Å². The Morgan fingerprint density at radius 2 is 1.87 bits per heavy atom. The standard InChI is InChI=1S/C30H30FNO6/c1-16-10-20(36-15-27(33)32-3)11-17(2)29(16)22-6-8-24(31)30-23(22)7-9-25(30)38-19-4-5-21-18(12-28(34)35)14-37-26(21)13-19/h4-6,8,10-11,13,18,25H,7,9,12,14-15H2,1-3H3,(H,32,33)(H,34,35)/t18?,25-/m1/s1. The summed E-state index contributed by atoms with van der Waals surface area (Å²) < 4.78 is 32.8. The lowest BCUT2D eigenvalue weighted by molar-refractivity contribution is -0.137. The number of carboxylic acid groups (broad SMARTS) is 1. The van der Waals surface area contributed by atoms with Crippen molar-refractivity contribution in [3.8, 4) is 28.4 Å². The molecule has 198 valence electrons. The van der Waals surface area contributed by atoms with Gasteiger partial charge in [0, 0.05) is 30.2 Å². The van der Waals surface area contributed by atoms with E-state index in [0.717, 1.165) is 33.4 Å². The zero-order chi connectivity index (χ0) is 27.0. The molecule has 0 saturated heterocycles. The predicted molar refractivity (Wildman–Crippen MR) is 139 cm³/mol. The van der Waals surface area contributed by atoms with Crippen molar-refractivity contribution in [2.75, 3.05) is 20.3 Å². The molecule has 5 rings (SSSR count). The van der Waals surface area contributed by atoms with E-state index >= 15 is 4.39 Å². The number of ether oxygens (including phenoxy) is 3. The minimum Gasteiger partial charge on any atom is -0.492 e. The maximum atomic E-state index is 15.2. The first-order valence-electron chi connectivity index (χ1n) is 12.7. The topological polar surface area (TPSA) is 94.1 Å². The van der Waals surface area contributed by atoms with Gasteiger partial charge in [-0.2, -0.15) is 0 Å². The van der Waals surface area contributed by atoms with Crippen LogP contribution >= 0.6 is 0 Å². The van der Waals surface area contributed by atoms with Gasteiger partial charge < -0.3 is 24.6 Å². The van der Waals surface area contributed by atoms with E-state index in [1.165, 1.54) is 6.07 Å². The molecule has 0 radical (unpaired) electrons.